The maximum atomic E-state index is 13.8. The van der Waals surface area contributed by atoms with Crippen LogP contribution in [-0.2, 0) is 9.59 Å². The van der Waals surface area contributed by atoms with E-state index in [0.717, 1.165) is 10.3 Å². The highest BCUT2D eigenvalue weighted by molar-refractivity contribution is 9.10. The van der Waals surface area contributed by atoms with Crippen LogP contribution in [0.15, 0.2) is 58.7 Å². The molecule has 1 aliphatic rings. The summed E-state index contributed by atoms with van der Waals surface area (Å²) < 4.78 is 13.8. The third-order valence-corrected chi connectivity index (χ3v) is 8.83. The summed E-state index contributed by atoms with van der Waals surface area (Å²) in [6.45, 7) is 6.06. The number of aromatic hydroxyl groups is 1. The number of ether oxygens (including phenoxy) is 2. The van der Waals surface area contributed by atoms with Crippen molar-refractivity contribution in [1.82, 2.24) is 14.4 Å². The summed E-state index contributed by atoms with van der Waals surface area (Å²) in [5, 5.41) is 22.5. The summed E-state index contributed by atoms with van der Waals surface area (Å²) in [6, 6.07) is 11.2. The van der Waals surface area contributed by atoms with Gasteiger partial charge in [0.15, 0.2) is 22.4 Å². The number of pyridine rings is 1. The van der Waals surface area contributed by atoms with Crippen LogP contribution in [0.2, 0.25) is 0 Å². The number of aliphatic hydroxyl groups excluding tert-OH is 1. The number of thiazole rings is 1. The van der Waals surface area contributed by atoms with Crippen LogP contribution in [0.5, 0.6) is 17.2 Å². The van der Waals surface area contributed by atoms with Crippen molar-refractivity contribution in [3.05, 3.63) is 81.2 Å². The first-order chi connectivity index (χ1) is 20.1. The van der Waals surface area contributed by atoms with Crippen LogP contribution in [0.3, 0.4) is 0 Å². The standard InChI is InChI=1S/C30H25BrN4O6S/c1-5-41-17-8-9-19-21(13-17)42-30(32-19)35-24(16-11-18(31)25(36)20(12-16)40-4)22(27(38)29(35)39)26(37)23-15(3)34-10-6-7-14(2)28(34)33-23/h6-13,24,36-37H,5H2,1-4H3. The number of fused-ring (bicyclic) bond motifs is 2. The smallest absolute Gasteiger partial charge is 0.301 e. The van der Waals surface area contributed by atoms with Gasteiger partial charge in [0.2, 0.25) is 0 Å². The summed E-state index contributed by atoms with van der Waals surface area (Å²) in [4.78, 5) is 38.1. The Morgan fingerprint density at radius 3 is 2.64 bits per heavy atom. The molecule has 1 saturated heterocycles. The molecule has 1 amide bonds. The number of halogens is 1. The minimum atomic E-state index is -1.10. The predicted octanol–water partition coefficient (Wildman–Crippen LogP) is 6.06. The first-order valence-electron chi connectivity index (χ1n) is 13.0. The zero-order valence-corrected chi connectivity index (χ0v) is 25.4. The number of phenols is 1. The average Bonchev–Trinajstić information content (AvgIpc) is 3.62. The van der Waals surface area contributed by atoms with Crippen LogP contribution in [0, 0.1) is 13.8 Å². The molecular formula is C30H25BrN4O6S. The second kappa shape index (κ2) is 10.4. The van der Waals surface area contributed by atoms with Crippen LogP contribution in [0.1, 0.15) is 35.5 Å². The van der Waals surface area contributed by atoms with E-state index in [2.05, 4.69) is 25.9 Å². The molecule has 1 aliphatic heterocycles. The number of rotatable bonds is 6. The quantitative estimate of drug-likeness (QED) is 0.129. The fourth-order valence-electron chi connectivity index (χ4n) is 5.18. The zero-order valence-electron chi connectivity index (χ0n) is 23.0. The monoisotopic (exact) mass is 648 g/mol. The summed E-state index contributed by atoms with van der Waals surface area (Å²) in [7, 11) is 1.40. The highest BCUT2D eigenvalue weighted by Gasteiger charge is 2.49. The number of nitrogens with zero attached hydrogens (tertiary/aromatic N) is 4. The lowest BCUT2D eigenvalue weighted by atomic mass is 9.96. The SMILES string of the molecule is CCOc1ccc2nc(N3C(=O)C(=O)C(=C(O)c4nc5c(C)cccn5c4C)C3c3cc(Br)c(O)c(OC)c3)sc2c1. The molecule has 0 spiro atoms. The number of carbonyl (C=O) groups excluding carboxylic acids is 2. The number of imidazole rings is 1. The lowest BCUT2D eigenvalue weighted by Crippen LogP contribution is -2.29. The van der Waals surface area contributed by atoms with Crippen molar-refractivity contribution in [2.75, 3.05) is 18.6 Å². The molecule has 1 unspecified atom stereocenters. The summed E-state index contributed by atoms with van der Waals surface area (Å²) in [5.41, 5.74) is 3.15. The Balaban J connectivity index is 1.60. The van der Waals surface area contributed by atoms with E-state index < -0.39 is 23.5 Å². The van der Waals surface area contributed by atoms with Gasteiger partial charge in [-0.25, -0.2) is 9.97 Å². The first kappa shape index (κ1) is 27.7. The second-order valence-corrected chi connectivity index (χ2v) is 11.6. The number of carbonyl (C=O) groups is 2. The van der Waals surface area contributed by atoms with Gasteiger partial charge in [-0.3, -0.25) is 14.5 Å². The van der Waals surface area contributed by atoms with Crippen molar-refractivity contribution in [3.8, 4) is 17.2 Å². The second-order valence-electron chi connectivity index (χ2n) is 9.71. The molecule has 1 fully saturated rings. The van der Waals surface area contributed by atoms with E-state index in [1.54, 1.807) is 25.1 Å². The number of phenolic OH excluding ortho intramolecular Hbond substituents is 1. The number of ketones is 1. The number of aryl methyl sites for hydroxylation is 2. The third-order valence-electron chi connectivity index (χ3n) is 7.20. The molecular weight excluding hydrogens is 624 g/mol. The molecule has 6 rings (SSSR count). The third kappa shape index (κ3) is 4.29. The number of benzene rings is 2. The Labute approximate surface area is 252 Å². The van der Waals surface area contributed by atoms with E-state index in [0.29, 0.717) is 34.8 Å². The maximum absolute atomic E-state index is 13.8. The largest absolute Gasteiger partial charge is 0.505 e. The Kier molecular flexibility index (Phi) is 6.90. The van der Waals surface area contributed by atoms with Gasteiger partial charge >= 0.3 is 5.91 Å². The van der Waals surface area contributed by atoms with Crippen LogP contribution in [0.25, 0.3) is 21.6 Å². The molecule has 1 atom stereocenters. The minimum Gasteiger partial charge on any atom is -0.505 e. The fraction of sp³-hybridized carbons (Fsp3) is 0.200. The summed E-state index contributed by atoms with van der Waals surface area (Å²) >= 11 is 4.57. The molecule has 2 aromatic carbocycles. The lowest BCUT2D eigenvalue weighted by molar-refractivity contribution is -0.132. The van der Waals surface area contributed by atoms with Gasteiger partial charge in [0.25, 0.3) is 5.78 Å². The van der Waals surface area contributed by atoms with Crippen molar-refractivity contribution in [2.45, 2.75) is 26.8 Å². The molecule has 0 bridgehead atoms. The Morgan fingerprint density at radius 2 is 1.93 bits per heavy atom. The zero-order chi connectivity index (χ0) is 29.9. The average molecular weight is 650 g/mol. The molecule has 10 nitrogen and oxygen atoms in total. The number of hydrogen-bond donors (Lipinski definition) is 2. The fourth-order valence-corrected chi connectivity index (χ4v) is 6.66. The number of amides is 1. The maximum Gasteiger partial charge on any atom is 0.301 e. The molecule has 4 heterocycles. The van der Waals surface area contributed by atoms with Crippen LogP contribution in [-0.4, -0.2) is 50.0 Å². The molecule has 12 heteroatoms. The van der Waals surface area contributed by atoms with Crippen LogP contribution in [0.4, 0.5) is 5.13 Å². The van der Waals surface area contributed by atoms with Gasteiger partial charge in [-0.15, -0.1) is 0 Å². The van der Waals surface area contributed by atoms with Crippen molar-refractivity contribution in [3.63, 3.8) is 0 Å². The Bertz CT molecular complexity index is 1960. The van der Waals surface area contributed by atoms with Gasteiger partial charge in [-0.05, 0) is 84.2 Å². The minimum absolute atomic E-state index is 0.121. The van der Waals surface area contributed by atoms with Gasteiger partial charge in [-0.1, -0.05) is 17.4 Å². The van der Waals surface area contributed by atoms with E-state index in [4.69, 9.17) is 9.47 Å². The predicted molar refractivity (Wildman–Crippen MR) is 163 cm³/mol. The number of aromatic nitrogens is 3. The van der Waals surface area contributed by atoms with Crippen LogP contribution >= 0.6 is 27.3 Å². The van der Waals surface area contributed by atoms with Gasteiger partial charge < -0.3 is 24.1 Å². The molecule has 3 aromatic heterocycles. The molecule has 0 aliphatic carbocycles. The summed E-state index contributed by atoms with van der Waals surface area (Å²) in [5.74, 6) is -1.52. The molecule has 0 radical (unpaired) electrons. The molecule has 214 valence electrons. The normalized spacial score (nSPS) is 16.6. The highest BCUT2D eigenvalue weighted by Crippen LogP contribution is 2.47. The van der Waals surface area contributed by atoms with Crippen molar-refractivity contribution in [1.29, 1.82) is 0 Å². The number of methoxy groups -OCH3 is 1. The van der Waals surface area contributed by atoms with E-state index in [1.807, 2.05) is 42.6 Å². The number of Topliss-reactive ketones (excluding diaryl/α,β-unsaturated/α-hetero) is 1. The van der Waals surface area contributed by atoms with Gasteiger partial charge in [0, 0.05) is 6.20 Å². The van der Waals surface area contributed by atoms with E-state index in [1.165, 1.54) is 29.4 Å². The van der Waals surface area contributed by atoms with Crippen LogP contribution < -0.4 is 14.4 Å². The number of anilines is 1. The van der Waals surface area contributed by atoms with Gasteiger partial charge in [-0.2, -0.15) is 0 Å². The lowest BCUT2D eigenvalue weighted by Gasteiger charge is -2.23. The topological polar surface area (TPSA) is 126 Å². The van der Waals surface area contributed by atoms with Gasteiger partial charge in [0.1, 0.15) is 17.1 Å². The van der Waals surface area contributed by atoms with E-state index in [-0.39, 0.29) is 32.4 Å². The highest BCUT2D eigenvalue weighted by atomic mass is 79.9. The molecule has 2 N–H and O–H groups in total. The summed E-state index contributed by atoms with van der Waals surface area (Å²) in [6.07, 6.45) is 1.82. The Morgan fingerprint density at radius 1 is 1.14 bits per heavy atom. The van der Waals surface area contributed by atoms with E-state index >= 15 is 0 Å². The number of aliphatic hydroxyl groups is 1. The molecule has 0 saturated carbocycles. The molecule has 5 aromatic rings. The van der Waals surface area contributed by atoms with Crippen molar-refractivity contribution in [2.24, 2.45) is 0 Å². The van der Waals surface area contributed by atoms with Crippen molar-refractivity contribution < 1.29 is 29.3 Å². The Hall–Kier alpha value is -4.42. The first-order valence-corrected chi connectivity index (χ1v) is 14.6. The van der Waals surface area contributed by atoms with Gasteiger partial charge in [0.05, 0.1) is 45.7 Å². The number of hydrogen-bond acceptors (Lipinski definition) is 9. The molecule has 42 heavy (non-hydrogen) atoms. The van der Waals surface area contributed by atoms with E-state index in [9.17, 15) is 19.8 Å². The van der Waals surface area contributed by atoms with Crippen molar-refractivity contribution >= 4 is 65.7 Å².